The molecule has 0 N–H and O–H groups in total. The molecule has 0 aromatic heterocycles. The number of sulfone groups is 2. The summed E-state index contributed by atoms with van der Waals surface area (Å²) in [5, 5.41) is -0.186. The van der Waals surface area contributed by atoms with Crippen LogP contribution in [-0.4, -0.2) is 34.7 Å². The van der Waals surface area contributed by atoms with E-state index in [1.54, 1.807) is 6.07 Å². The van der Waals surface area contributed by atoms with Gasteiger partial charge in [-0.1, -0.05) is 19.9 Å². The number of benzene rings is 1. The third-order valence-corrected chi connectivity index (χ3v) is 5.66. The first kappa shape index (κ1) is 18.5. The van der Waals surface area contributed by atoms with Crippen molar-refractivity contribution >= 4 is 31.3 Å². The van der Waals surface area contributed by atoms with Crippen molar-refractivity contribution in [2.24, 2.45) is 5.92 Å². The highest BCUT2D eigenvalue weighted by Crippen LogP contribution is 2.25. The van der Waals surface area contributed by atoms with E-state index < -0.39 is 19.7 Å². The van der Waals surface area contributed by atoms with Crippen LogP contribution in [0.15, 0.2) is 28.0 Å². The minimum Gasteiger partial charge on any atom is -0.224 e. The number of hydrogen-bond donors (Lipinski definition) is 0. The van der Waals surface area contributed by atoms with Crippen molar-refractivity contribution in [3.05, 3.63) is 23.8 Å². The normalized spacial score (nSPS) is 14.4. The third-order valence-electron chi connectivity index (χ3n) is 3.03. The fraction of sp³-hybridized carbons (Fsp3) is 0.571. The lowest BCUT2D eigenvalue weighted by atomic mass is 10.0. The Hall–Kier alpha value is -0.590. The summed E-state index contributed by atoms with van der Waals surface area (Å²) in [6.45, 7) is 4.08. The summed E-state index contributed by atoms with van der Waals surface area (Å²) in [6.07, 6.45) is 3.28. The molecule has 0 aliphatic rings. The summed E-state index contributed by atoms with van der Waals surface area (Å²) in [5.74, 6) is 0.407. The largest absolute Gasteiger partial charge is 0.224 e. The highest BCUT2D eigenvalue weighted by atomic mass is 35.5. The van der Waals surface area contributed by atoms with Gasteiger partial charge in [0.25, 0.3) is 0 Å². The molecule has 0 saturated heterocycles. The Bertz CT molecular complexity index is 706. The summed E-state index contributed by atoms with van der Waals surface area (Å²) in [4.78, 5) is 0.0430. The van der Waals surface area contributed by atoms with Gasteiger partial charge in [-0.3, -0.25) is 0 Å². The lowest BCUT2D eigenvalue weighted by Crippen LogP contribution is -2.12. The first-order valence-corrected chi connectivity index (χ1v) is 10.8. The highest BCUT2D eigenvalue weighted by Gasteiger charge is 2.20. The summed E-state index contributed by atoms with van der Waals surface area (Å²) >= 11 is 6.25. The van der Waals surface area contributed by atoms with Crippen LogP contribution >= 0.6 is 11.6 Å². The summed E-state index contributed by atoms with van der Waals surface area (Å²) in [7, 11) is -6.96. The van der Waals surface area contributed by atoms with Gasteiger partial charge in [0, 0.05) is 17.9 Å². The Morgan fingerprint density at radius 2 is 1.62 bits per heavy atom. The minimum absolute atomic E-state index is 0.00153. The second kappa shape index (κ2) is 6.67. The van der Waals surface area contributed by atoms with Crippen LogP contribution < -0.4 is 0 Å². The number of rotatable bonds is 6. The van der Waals surface area contributed by atoms with E-state index in [9.17, 15) is 16.8 Å². The maximum absolute atomic E-state index is 11.9. The molecule has 120 valence electrons. The molecule has 1 atom stereocenters. The second-order valence-corrected chi connectivity index (χ2v) is 10.4. The average molecular weight is 353 g/mol. The molecule has 0 spiro atoms. The van der Waals surface area contributed by atoms with Crippen LogP contribution in [0.2, 0.25) is 0 Å². The fourth-order valence-electron chi connectivity index (χ4n) is 2.11. The van der Waals surface area contributed by atoms with Crippen molar-refractivity contribution in [1.82, 2.24) is 0 Å². The van der Waals surface area contributed by atoms with E-state index >= 15 is 0 Å². The van der Waals surface area contributed by atoms with Gasteiger partial charge in [0.2, 0.25) is 0 Å². The minimum atomic E-state index is -3.51. The Morgan fingerprint density at radius 3 is 2.05 bits per heavy atom. The Kier molecular flexibility index (Phi) is 5.86. The van der Waals surface area contributed by atoms with Gasteiger partial charge in [0.15, 0.2) is 19.7 Å². The Morgan fingerprint density at radius 1 is 1.05 bits per heavy atom. The lowest BCUT2D eigenvalue weighted by molar-refractivity contribution is 0.558. The van der Waals surface area contributed by atoms with Crippen molar-refractivity contribution in [1.29, 1.82) is 0 Å². The van der Waals surface area contributed by atoms with Crippen LogP contribution in [0.1, 0.15) is 25.8 Å². The molecule has 1 aromatic carbocycles. The van der Waals surface area contributed by atoms with E-state index in [0.29, 0.717) is 17.9 Å². The van der Waals surface area contributed by atoms with Crippen LogP contribution in [0.3, 0.4) is 0 Å². The molecule has 0 aliphatic carbocycles. The van der Waals surface area contributed by atoms with E-state index in [1.807, 2.05) is 13.8 Å². The van der Waals surface area contributed by atoms with Gasteiger partial charge in [0.1, 0.15) is 0 Å². The first-order valence-electron chi connectivity index (χ1n) is 6.58. The van der Waals surface area contributed by atoms with Crippen molar-refractivity contribution in [2.75, 3.05) is 12.5 Å². The van der Waals surface area contributed by atoms with Gasteiger partial charge in [-0.2, -0.15) is 0 Å². The van der Waals surface area contributed by atoms with Gasteiger partial charge in [-0.25, -0.2) is 16.8 Å². The molecule has 1 aromatic rings. The number of hydrogen-bond acceptors (Lipinski definition) is 4. The lowest BCUT2D eigenvalue weighted by Gasteiger charge is -2.15. The topological polar surface area (TPSA) is 68.3 Å². The maximum atomic E-state index is 11.9. The van der Waals surface area contributed by atoms with Crippen molar-refractivity contribution in [3.63, 3.8) is 0 Å². The molecule has 7 heteroatoms. The van der Waals surface area contributed by atoms with Gasteiger partial charge < -0.3 is 0 Å². The smallest absolute Gasteiger partial charge is 0.175 e. The average Bonchev–Trinajstić information content (AvgIpc) is 2.24. The summed E-state index contributed by atoms with van der Waals surface area (Å²) in [5.41, 5.74) is 0.561. The monoisotopic (exact) mass is 352 g/mol. The van der Waals surface area contributed by atoms with Crippen LogP contribution in [-0.2, 0) is 26.1 Å². The first-order chi connectivity index (χ1) is 9.41. The number of halogens is 1. The van der Waals surface area contributed by atoms with E-state index in [4.69, 9.17) is 11.6 Å². The molecule has 0 fully saturated rings. The van der Waals surface area contributed by atoms with Crippen LogP contribution in [0, 0.1) is 5.92 Å². The highest BCUT2D eigenvalue weighted by molar-refractivity contribution is 7.91. The quantitative estimate of drug-likeness (QED) is 0.738. The Balaban J connectivity index is 3.28. The Labute approximate surface area is 132 Å². The molecule has 0 bridgehead atoms. The standard InChI is InChI=1S/C14H21ClO4S2/c1-10(2)7-12(15)8-11-5-6-13(20(3,16)17)9-14(11)21(4,18)19/h5-6,9-10,12H,7-8H2,1-4H3. The molecule has 21 heavy (non-hydrogen) atoms. The van der Waals surface area contributed by atoms with E-state index in [2.05, 4.69) is 0 Å². The zero-order chi connectivity index (χ0) is 16.4. The summed E-state index contributed by atoms with van der Waals surface area (Å²) < 4.78 is 46.9. The van der Waals surface area contributed by atoms with E-state index in [-0.39, 0.29) is 15.2 Å². The van der Waals surface area contributed by atoms with Crippen molar-refractivity contribution < 1.29 is 16.8 Å². The van der Waals surface area contributed by atoms with Gasteiger partial charge in [-0.15, -0.1) is 11.6 Å². The predicted molar refractivity (Wildman–Crippen MR) is 85.5 cm³/mol. The molecule has 0 radical (unpaired) electrons. The van der Waals surface area contributed by atoms with E-state index in [1.165, 1.54) is 12.1 Å². The molecule has 4 nitrogen and oxygen atoms in total. The third kappa shape index (κ3) is 5.60. The molecule has 0 amide bonds. The molecule has 1 unspecified atom stereocenters. The molecule has 0 aliphatic heterocycles. The van der Waals surface area contributed by atoms with Gasteiger partial charge in [-0.05, 0) is 36.5 Å². The van der Waals surface area contributed by atoms with Crippen LogP contribution in [0.4, 0.5) is 0 Å². The van der Waals surface area contributed by atoms with Gasteiger partial charge in [0.05, 0.1) is 9.79 Å². The van der Waals surface area contributed by atoms with Crippen molar-refractivity contribution in [2.45, 2.75) is 41.9 Å². The number of alkyl halides is 1. The zero-order valence-electron chi connectivity index (χ0n) is 12.6. The molecule has 0 saturated carbocycles. The van der Waals surface area contributed by atoms with Crippen LogP contribution in [0.5, 0.6) is 0 Å². The van der Waals surface area contributed by atoms with Crippen molar-refractivity contribution in [3.8, 4) is 0 Å². The maximum Gasteiger partial charge on any atom is 0.175 e. The fourth-order valence-corrected chi connectivity index (χ4v) is 4.33. The molecular weight excluding hydrogens is 332 g/mol. The summed E-state index contributed by atoms with van der Waals surface area (Å²) in [6, 6.07) is 4.19. The molecule has 1 rings (SSSR count). The second-order valence-electron chi connectivity index (χ2n) is 5.74. The molecule has 0 heterocycles. The predicted octanol–water partition coefficient (Wildman–Crippen LogP) is 2.69. The molecular formula is C14H21ClO4S2. The SMILES string of the molecule is CC(C)CC(Cl)Cc1ccc(S(C)(=O)=O)cc1S(C)(=O)=O. The zero-order valence-corrected chi connectivity index (χ0v) is 15.0. The van der Waals surface area contributed by atoms with Gasteiger partial charge >= 0.3 is 0 Å². The van der Waals surface area contributed by atoms with E-state index in [0.717, 1.165) is 18.9 Å². The van der Waals surface area contributed by atoms with Crippen LogP contribution in [0.25, 0.3) is 0 Å².